The normalized spacial score (nSPS) is 16.4. The average molecular weight is 356 g/mol. The van der Waals surface area contributed by atoms with Crippen molar-refractivity contribution in [3.8, 4) is 0 Å². The first-order valence-electron chi connectivity index (χ1n) is 8.66. The number of halogens is 1. The summed E-state index contributed by atoms with van der Waals surface area (Å²) < 4.78 is 18.2. The summed E-state index contributed by atoms with van der Waals surface area (Å²) in [6.07, 6.45) is 1.15. The van der Waals surface area contributed by atoms with Crippen LogP contribution in [0.2, 0.25) is 0 Å². The number of amides is 2. The summed E-state index contributed by atoms with van der Waals surface area (Å²) in [6.45, 7) is 0.600. The van der Waals surface area contributed by atoms with E-state index in [0.29, 0.717) is 18.7 Å². The Morgan fingerprint density at radius 1 is 1.15 bits per heavy atom. The molecule has 5 nitrogen and oxygen atoms in total. The van der Waals surface area contributed by atoms with Gasteiger partial charge in [-0.2, -0.15) is 0 Å². The first-order valence-corrected chi connectivity index (χ1v) is 8.66. The number of hydrogen-bond donors (Lipinski definition) is 1. The Balaban J connectivity index is 1.40. The van der Waals surface area contributed by atoms with E-state index in [0.717, 1.165) is 12.8 Å². The van der Waals surface area contributed by atoms with E-state index in [1.807, 2.05) is 30.3 Å². The van der Waals surface area contributed by atoms with Crippen LogP contribution in [0.4, 0.5) is 14.9 Å². The predicted molar refractivity (Wildman–Crippen MR) is 96.4 cm³/mol. The summed E-state index contributed by atoms with van der Waals surface area (Å²) in [6, 6.07) is 15.7. The molecule has 1 aliphatic rings. The van der Waals surface area contributed by atoms with Crippen LogP contribution in [0.1, 0.15) is 18.4 Å². The first kappa shape index (κ1) is 17.9. The van der Waals surface area contributed by atoms with Crippen LogP contribution in [-0.2, 0) is 16.0 Å². The summed E-state index contributed by atoms with van der Waals surface area (Å²) in [4.78, 5) is 25.3. The van der Waals surface area contributed by atoms with Gasteiger partial charge >= 0.3 is 6.09 Å². The van der Waals surface area contributed by atoms with Gasteiger partial charge < -0.3 is 10.1 Å². The molecule has 0 aliphatic carbocycles. The van der Waals surface area contributed by atoms with Gasteiger partial charge in [0.1, 0.15) is 11.9 Å². The van der Waals surface area contributed by atoms with Crippen LogP contribution in [0.25, 0.3) is 0 Å². The second-order valence-electron chi connectivity index (χ2n) is 6.24. The molecule has 3 rings (SSSR count). The van der Waals surface area contributed by atoms with E-state index in [-0.39, 0.29) is 18.3 Å². The number of nitrogens with zero attached hydrogens (tertiary/aromatic N) is 1. The minimum Gasteiger partial charge on any atom is -0.442 e. The highest BCUT2D eigenvalue weighted by Crippen LogP contribution is 2.21. The van der Waals surface area contributed by atoms with E-state index in [9.17, 15) is 14.0 Å². The third-order valence-electron chi connectivity index (χ3n) is 4.25. The van der Waals surface area contributed by atoms with Gasteiger partial charge in [-0.25, -0.2) is 9.18 Å². The molecule has 2 aromatic rings. The van der Waals surface area contributed by atoms with Crippen LogP contribution in [0.5, 0.6) is 0 Å². The lowest BCUT2D eigenvalue weighted by Crippen LogP contribution is -2.34. The Kier molecular flexibility index (Phi) is 5.84. The molecular weight excluding hydrogens is 335 g/mol. The van der Waals surface area contributed by atoms with Gasteiger partial charge in [-0.1, -0.05) is 30.3 Å². The monoisotopic (exact) mass is 356 g/mol. The number of aryl methyl sites for hydroxylation is 1. The molecule has 1 heterocycles. The molecule has 1 N–H and O–H groups in total. The maximum absolute atomic E-state index is 13.0. The van der Waals surface area contributed by atoms with Crippen LogP contribution in [0.15, 0.2) is 54.6 Å². The summed E-state index contributed by atoms with van der Waals surface area (Å²) in [5.74, 6) is -0.419. The van der Waals surface area contributed by atoms with Gasteiger partial charge in [0.05, 0.1) is 13.1 Å². The molecule has 2 amide bonds. The second kappa shape index (κ2) is 8.47. The molecule has 0 radical (unpaired) electrons. The molecule has 0 aromatic heterocycles. The minimum atomic E-state index is -0.486. The van der Waals surface area contributed by atoms with E-state index in [4.69, 9.17) is 4.74 Å². The van der Waals surface area contributed by atoms with Gasteiger partial charge in [-0.05, 0) is 42.7 Å². The largest absolute Gasteiger partial charge is 0.442 e. The number of hydrogen-bond acceptors (Lipinski definition) is 3. The number of nitrogens with one attached hydrogen (secondary N) is 1. The molecule has 1 atom stereocenters. The van der Waals surface area contributed by atoms with Crippen molar-refractivity contribution in [2.75, 3.05) is 18.0 Å². The second-order valence-corrected chi connectivity index (χ2v) is 6.24. The molecule has 136 valence electrons. The predicted octanol–water partition coefficient (Wildman–Crippen LogP) is 3.29. The Morgan fingerprint density at radius 2 is 1.88 bits per heavy atom. The molecule has 0 unspecified atom stereocenters. The minimum absolute atomic E-state index is 0.0581. The summed E-state index contributed by atoms with van der Waals surface area (Å²) in [5.41, 5.74) is 1.79. The smallest absolute Gasteiger partial charge is 0.414 e. The molecule has 26 heavy (non-hydrogen) atoms. The van der Waals surface area contributed by atoms with Gasteiger partial charge in [-0.15, -0.1) is 0 Å². The number of anilines is 1. The van der Waals surface area contributed by atoms with Crippen molar-refractivity contribution in [3.63, 3.8) is 0 Å². The van der Waals surface area contributed by atoms with Gasteiger partial charge in [-0.3, -0.25) is 9.69 Å². The van der Waals surface area contributed by atoms with Crippen molar-refractivity contribution < 1.29 is 18.7 Å². The van der Waals surface area contributed by atoms with Crippen LogP contribution in [0, 0.1) is 5.82 Å². The molecule has 2 aromatic carbocycles. The Labute approximate surface area is 151 Å². The van der Waals surface area contributed by atoms with Crippen molar-refractivity contribution in [1.29, 1.82) is 0 Å². The fraction of sp³-hybridized carbons (Fsp3) is 0.300. The molecule has 1 aliphatic heterocycles. The number of carbonyl (C=O) groups excluding carboxylic acids is 2. The van der Waals surface area contributed by atoms with Crippen molar-refractivity contribution in [1.82, 2.24) is 5.32 Å². The number of carbonyl (C=O) groups is 2. The highest BCUT2D eigenvalue weighted by Gasteiger charge is 2.32. The van der Waals surface area contributed by atoms with Crippen molar-refractivity contribution >= 4 is 17.7 Å². The lowest BCUT2D eigenvalue weighted by atomic mass is 10.1. The first-order chi connectivity index (χ1) is 12.6. The molecular formula is C20H21FN2O3. The number of ether oxygens (including phenoxy) is 1. The molecule has 0 spiro atoms. The fourth-order valence-corrected chi connectivity index (χ4v) is 2.87. The van der Waals surface area contributed by atoms with E-state index >= 15 is 0 Å². The number of rotatable bonds is 7. The lowest BCUT2D eigenvalue weighted by Gasteiger charge is -2.13. The molecule has 1 saturated heterocycles. The summed E-state index contributed by atoms with van der Waals surface area (Å²) in [7, 11) is 0. The van der Waals surface area contributed by atoms with Crippen molar-refractivity contribution in [2.24, 2.45) is 0 Å². The number of cyclic esters (lactones) is 1. The van der Waals surface area contributed by atoms with E-state index < -0.39 is 12.2 Å². The zero-order valence-corrected chi connectivity index (χ0v) is 14.4. The van der Waals surface area contributed by atoms with Crippen LogP contribution >= 0.6 is 0 Å². The topological polar surface area (TPSA) is 58.6 Å². The maximum Gasteiger partial charge on any atom is 0.414 e. The summed E-state index contributed by atoms with van der Waals surface area (Å²) >= 11 is 0. The van der Waals surface area contributed by atoms with E-state index in [1.54, 1.807) is 0 Å². The molecule has 1 fully saturated rings. The Hall–Kier alpha value is -2.89. The SMILES string of the molecule is O=C(CCCc1ccccc1)NC[C@@H]1CN(c2ccc(F)cc2)C(=O)O1. The van der Waals surface area contributed by atoms with Gasteiger partial charge in [0.15, 0.2) is 0 Å². The third-order valence-corrected chi connectivity index (χ3v) is 4.25. The fourth-order valence-electron chi connectivity index (χ4n) is 2.87. The molecule has 6 heteroatoms. The maximum atomic E-state index is 13.0. The third kappa shape index (κ3) is 4.81. The molecule has 0 bridgehead atoms. The van der Waals surface area contributed by atoms with Gasteiger partial charge in [0, 0.05) is 12.1 Å². The number of benzene rings is 2. The zero-order chi connectivity index (χ0) is 18.4. The van der Waals surface area contributed by atoms with Crippen molar-refractivity contribution in [2.45, 2.75) is 25.4 Å². The highest BCUT2D eigenvalue weighted by atomic mass is 19.1. The highest BCUT2D eigenvalue weighted by molar-refractivity contribution is 5.89. The zero-order valence-electron chi connectivity index (χ0n) is 14.4. The summed E-state index contributed by atoms with van der Waals surface area (Å²) in [5, 5.41) is 2.81. The van der Waals surface area contributed by atoms with Crippen LogP contribution in [-0.4, -0.2) is 31.2 Å². The Bertz CT molecular complexity index is 749. The average Bonchev–Trinajstić information content (AvgIpc) is 3.02. The van der Waals surface area contributed by atoms with E-state index in [1.165, 1.54) is 34.7 Å². The van der Waals surface area contributed by atoms with Crippen LogP contribution < -0.4 is 10.2 Å². The Morgan fingerprint density at radius 3 is 2.62 bits per heavy atom. The van der Waals surface area contributed by atoms with Gasteiger partial charge in [0.2, 0.25) is 5.91 Å². The lowest BCUT2D eigenvalue weighted by molar-refractivity contribution is -0.121. The van der Waals surface area contributed by atoms with E-state index in [2.05, 4.69) is 5.32 Å². The standard InChI is InChI=1S/C20H21FN2O3/c21-16-9-11-17(12-10-16)23-14-18(26-20(23)25)13-22-19(24)8-4-7-15-5-2-1-3-6-15/h1-3,5-6,9-12,18H,4,7-8,13-14H2,(H,22,24)/t18-/m1/s1. The molecule has 0 saturated carbocycles. The van der Waals surface area contributed by atoms with Gasteiger partial charge in [0.25, 0.3) is 0 Å². The van der Waals surface area contributed by atoms with Crippen LogP contribution in [0.3, 0.4) is 0 Å². The van der Waals surface area contributed by atoms with Crippen molar-refractivity contribution in [3.05, 3.63) is 66.0 Å². The quantitative estimate of drug-likeness (QED) is 0.828.